The molecule has 1 amide bonds. The Balaban J connectivity index is 1.95. The Bertz CT molecular complexity index is 465. The average Bonchev–Trinajstić information content (AvgIpc) is 2.78. The zero-order valence-corrected chi connectivity index (χ0v) is 11.0. The minimum Gasteiger partial charge on any atom is -0.390 e. The number of amides is 1. The third-order valence-corrected chi connectivity index (χ3v) is 3.13. The van der Waals surface area contributed by atoms with E-state index in [0.717, 1.165) is 17.7 Å². The van der Waals surface area contributed by atoms with Gasteiger partial charge in [0.25, 0.3) is 0 Å². The highest BCUT2D eigenvalue weighted by molar-refractivity contribution is 6.01. The summed E-state index contributed by atoms with van der Waals surface area (Å²) >= 11 is 0. The lowest BCUT2D eigenvalue weighted by Crippen LogP contribution is -2.32. The third-order valence-electron chi connectivity index (χ3n) is 3.13. The second kappa shape index (κ2) is 5.21. The molecule has 18 heavy (non-hydrogen) atoms. The first-order chi connectivity index (χ1) is 8.56. The molecule has 0 fully saturated rings. The molecule has 0 N–H and O–H groups in total. The van der Waals surface area contributed by atoms with Crippen molar-refractivity contribution in [2.75, 3.05) is 13.6 Å². The van der Waals surface area contributed by atoms with Crippen molar-refractivity contribution in [3.8, 4) is 0 Å². The van der Waals surface area contributed by atoms with Gasteiger partial charge in [0.05, 0.1) is 12.3 Å². The summed E-state index contributed by atoms with van der Waals surface area (Å²) in [5.41, 5.74) is 3.27. The van der Waals surface area contributed by atoms with E-state index in [-0.39, 0.29) is 12.0 Å². The fraction of sp³-hybridized carbons (Fsp3) is 0.429. The molecule has 0 aliphatic carbocycles. The van der Waals surface area contributed by atoms with Crippen LogP contribution < -0.4 is 0 Å². The maximum atomic E-state index is 11.2. The molecular formula is C14H18N2O2. The summed E-state index contributed by atoms with van der Waals surface area (Å²) < 4.78 is 0. The summed E-state index contributed by atoms with van der Waals surface area (Å²) in [5, 5.41) is 4.11. The lowest BCUT2D eigenvalue weighted by molar-refractivity contribution is -0.129. The van der Waals surface area contributed by atoms with Gasteiger partial charge in [-0.1, -0.05) is 35.0 Å². The predicted molar refractivity (Wildman–Crippen MR) is 70.5 cm³/mol. The smallest absolute Gasteiger partial charge is 0.219 e. The van der Waals surface area contributed by atoms with Gasteiger partial charge in [-0.3, -0.25) is 4.79 Å². The lowest BCUT2D eigenvalue weighted by atomic mass is 10.0. The topological polar surface area (TPSA) is 41.9 Å². The molecule has 0 radical (unpaired) electrons. The van der Waals surface area contributed by atoms with Crippen molar-refractivity contribution in [3.63, 3.8) is 0 Å². The van der Waals surface area contributed by atoms with Crippen LogP contribution in [0.1, 0.15) is 24.5 Å². The Morgan fingerprint density at radius 3 is 2.72 bits per heavy atom. The van der Waals surface area contributed by atoms with Crippen molar-refractivity contribution in [2.24, 2.45) is 5.16 Å². The number of carbonyl (C=O) groups excluding carboxylic acids is 1. The Morgan fingerprint density at radius 2 is 2.11 bits per heavy atom. The molecule has 4 heteroatoms. The molecule has 1 heterocycles. The average molecular weight is 246 g/mol. The second-order valence-electron chi connectivity index (χ2n) is 4.74. The van der Waals surface area contributed by atoms with Crippen LogP contribution in [0.15, 0.2) is 29.4 Å². The first-order valence-electron chi connectivity index (χ1n) is 6.07. The van der Waals surface area contributed by atoms with Gasteiger partial charge in [-0.05, 0) is 12.5 Å². The van der Waals surface area contributed by atoms with Crippen LogP contribution in [0.2, 0.25) is 0 Å². The molecule has 96 valence electrons. The Kier molecular flexibility index (Phi) is 3.65. The minimum absolute atomic E-state index is 0.0322. The lowest BCUT2D eigenvalue weighted by Gasteiger charge is -2.17. The summed E-state index contributed by atoms with van der Waals surface area (Å²) in [4.78, 5) is 18.2. The molecule has 1 aliphatic rings. The molecule has 0 saturated carbocycles. The number of oxime groups is 1. The number of rotatable bonds is 3. The van der Waals surface area contributed by atoms with E-state index in [0.29, 0.717) is 6.54 Å². The van der Waals surface area contributed by atoms with Crippen LogP contribution in [-0.4, -0.2) is 36.2 Å². The van der Waals surface area contributed by atoms with Gasteiger partial charge in [0.15, 0.2) is 6.10 Å². The number of hydrogen-bond donors (Lipinski definition) is 0. The molecule has 0 aromatic heterocycles. The molecule has 0 spiro atoms. The van der Waals surface area contributed by atoms with E-state index in [9.17, 15) is 4.79 Å². The van der Waals surface area contributed by atoms with E-state index in [1.807, 2.05) is 0 Å². The van der Waals surface area contributed by atoms with Crippen LogP contribution in [0.3, 0.4) is 0 Å². The second-order valence-corrected chi connectivity index (χ2v) is 4.74. The predicted octanol–water partition coefficient (Wildman–Crippen LogP) is 1.97. The Labute approximate surface area is 107 Å². The van der Waals surface area contributed by atoms with Gasteiger partial charge in [0.2, 0.25) is 5.91 Å². The normalized spacial score (nSPS) is 18.2. The fourth-order valence-electron chi connectivity index (χ4n) is 1.88. The van der Waals surface area contributed by atoms with Gasteiger partial charge < -0.3 is 9.74 Å². The summed E-state index contributed by atoms with van der Waals surface area (Å²) in [6, 6.07) is 8.23. The molecule has 2 rings (SSSR count). The molecule has 1 unspecified atom stereocenters. The van der Waals surface area contributed by atoms with E-state index < -0.39 is 0 Å². The van der Waals surface area contributed by atoms with Crippen molar-refractivity contribution >= 4 is 11.6 Å². The van der Waals surface area contributed by atoms with E-state index in [1.165, 1.54) is 5.56 Å². The number of hydrogen-bond acceptors (Lipinski definition) is 3. The number of nitrogens with zero attached hydrogens (tertiary/aromatic N) is 2. The highest BCUT2D eigenvalue weighted by Gasteiger charge is 2.24. The molecule has 0 saturated heterocycles. The SMILES string of the molecule is CC(=O)N(C)CC1CC(c2ccc(C)cc2)=NO1. The first kappa shape index (κ1) is 12.6. The molecule has 1 aliphatic heterocycles. The maximum absolute atomic E-state index is 11.2. The fourth-order valence-corrected chi connectivity index (χ4v) is 1.88. The summed E-state index contributed by atoms with van der Waals surface area (Å²) in [6.07, 6.45) is 0.718. The first-order valence-corrected chi connectivity index (χ1v) is 6.07. The van der Waals surface area contributed by atoms with Crippen LogP contribution in [0.4, 0.5) is 0 Å². The van der Waals surface area contributed by atoms with Crippen LogP contribution >= 0.6 is 0 Å². The number of carbonyl (C=O) groups is 1. The summed E-state index contributed by atoms with van der Waals surface area (Å²) in [5.74, 6) is 0.0439. The van der Waals surface area contributed by atoms with Crippen LogP contribution in [0.25, 0.3) is 0 Å². The van der Waals surface area contributed by atoms with Gasteiger partial charge in [-0.25, -0.2) is 0 Å². The van der Waals surface area contributed by atoms with Crippen molar-refractivity contribution in [1.29, 1.82) is 0 Å². The van der Waals surface area contributed by atoms with Gasteiger partial charge >= 0.3 is 0 Å². The standard InChI is InChI=1S/C14H18N2O2/c1-10-4-6-12(7-5-10)14-8-13(18-15-14)9-16(3)11(2)17/h4-7,13H,8-9H2,1-3H3. The zero-order chi connectivity index (χ0) is 13.1. The van der Waals surface area contributed by atoms with Gasteiger partial charge in [0, 0.05) is 20.4 Å². The number of likely N-dealkylation sites (N-methyl/N-ethyl adjacent to an activating group) is 1. The van der Waals surface area contributed by atoms with Crippen molar-refractivity contribution in [2.45, 2.75) is 26.4 Å². The van der Waals surface area contributed by atoms with Crippen molar-refractivity contribution < 1.29 is 9.63 Å². The van der Waals surface area contributed by atoms with E-state index in [4.69, 9.17) is 4.84 Å². The minimum atomic E-state index is -0.0322. The number of aryl methyl sites for hydroxylation is 1. The molecule has 4 nitrogen and oxygen atoms in total. The molecule has 1 aromatic rings. The van der Waals surface area contributed by atoms with Crippen LogP contribution in [0.5, 0.6) is 0 Å². The van der Waals surface area contributed by atoms with E-state index >= 15 is 0 Å². The Hall–Kier alpha value is -1.84. The van der Waals surface area contributed by atoms with E-state index in [1.54, 1.807) is 18.9 Å². The van der Waals surface area contributed by atoms with Crippen molar-refractivity contribution in [3.05, 3.63) is 35.4 Å². The summed E-state index contributed by atoms with van der Waals surface area (Å²) in [6.45, 7) is 4.19. The van der Waals surface area contributed by atoms with E-state index in [2.05, 4.69) is 36.3 Å². The highest BCUT2D eigenvalue weighted by atomic mass is 16.6. The number of benzene rings is 1. The zero-order valence-electron chi connectivity index (χ0n) is 11.0. The maximum Gasteiger partial charge on any atom is 0.219 e. The van der Waals surface area contributed by atoms with Gasteiger partial charge in [-0.2, -0.15) is 0 Å². The Morgan fingerprint density at radius 1 is 1.44 bits per heavy atom. The monoisotopic (exact) mass is 246 g/mol. The molecular weight excluding hydrogens is 228 g/mol. The highest BCUT2D eigenvalue weighted by Crippen LogP contribution is 2.17. The quantitative estimate of drug-likeness (QED) is 0.818. The molecule has 0 bridgehead atoms. The van der Waals surface area contributed by atoms with Crippen LogP contribution in [-0.2, 0) is 9.63 Å². The molecule has 1 aromatic carbocycles. The van der Waals surface area contributed by atoms with Gasteiger partial charge in [0.1, 0.15) is 0 Å². The van der Waals surface area contributed by atoms with Crippen LogP contribution in [0, 0.1) is 6.92 Å². The summed E-state index contributed by atoms with van der Waals surface area (Å²) in [7, 11) is 1.77. The largest absolute Gasteiger partial charge is 0.390 e. The van der Waals surface area contributed by atoms with Gasteiger partial charge in [-0.15, -0.1) is 0 Å². The molecule has 1 atom stereocenters. The van der Waals surface area contributed by atoms with Crippen molar-refractivity contribution in [1.82, 2.24) is 4.90 Å². The third kappa shape index (κ3) is 2.88.